The lowest BCUT2D eigenvalue weighted by molar-refractivity contribution is 0.276. The van der Waals surface area contributed by atoms with Crippen molar-refractivity contribution in [1.29, 1.82) is 0 Å². The summed E-state index contributed by atoms with van der Waals surface area (Å²) in [6.45, 7) is 5.05. The van der Waals surface area contributed by atoms with Gasteiger partial charge < -0.3 is 5.11 Å². The minimum absolute atomic E-state index is 0.234. The molecule has 1 aromatic heterocycles. The average Bonchev–Trinajstić information content (AvgIpc) is 2.26. The number of nitrogens with zero attached hydrogens (tertiary/aromatic N) is 2. The van der Waals surface area contributed by atoms with Gasteiger partial charge in [0.2, 0.25) is 0 Å². The summed E-state index contributed by atoms with van der Waals surface area (Å²) in [7, 11) is 0. The van der Waals surface area contributed by atoms with Crippen LogP contribution >= 0.6 is 0 Å². The highest BCUT2D eigenvalue weighted by atomic mass is 16.3. The summed E-state index contributed by atoms with van der Waals surface area (Å²) in [6.07, 6.45) is 0.780. The first-order valence-corrected chi connectivity index (χ1v) is 3.86. The molecule has 0 aliphatic rings. The molecule has 0 aromatic carbocycles. The van der Waals surface area contributed by atoms with E-state index in [2.05, 4.69) is 5.10 Å². The first-order chi connectivity index (χ1) is 5.24. The molecule has 0 atom stereocenters. The molecule has 0 spiro atoms. The van der Waals surface area contributed by atoms with E-state index in [9.17, 15) is 0 Å². The molecule has 1 aromatic rings. The first-order valence-electron chi connectivity index (χ1n) is 3.86. The van der Waals surface area contributed by atoms with Crippen LogP contribution in [0.2, 0.25) is 0 Å². The molecule has 3 heteroatoms. The molecule has 0 bridgehead atoms. The Bertz CT molecular complexity index is 230. The van der Waals surface area contributed by atoms with Gasteiger partial charge in [0.1, 0.15) is 0 Å². The first kappa shape index (κ1) is 8.27. The summed E-state index contributed by atoms with van der Waals surface area (Å²) < 4.78 is 1.92. The second-order valence-corrected chi connectivity index (χ2v) is 2.73. The third-order valence-electron chi connectivity index (χ3n) is 1.63. The Hall–Kier alpha value is -0.830. The molecule has 3 nitrogen and oxygen atoms in total. The van der Waals surface area contributed by atoms with Crippen LogP contribution in [0.4, 0.5) is 0 Å². The van der Waals surface area contributed by atoms with E-state index in [4.69, 9.17) is 5.11 Å². The fraction of sp³-hybridized carbons (Fsp3) is 0.625. The van der Waals surface area contributed by atoms with Crippen molar-refractivity contribution in [3.8, 4) is 0 Å². The third-order valence-corrected chi connectivity index (χ3v) is 1.63. The minimum Gasteiger partial charge on any atom is -0.396 e. The number of aromatic nitrogens is 2. The Morgan fingerprint density at radius 2 is 2.27 bits per heavy atom. The van der Waals surface area contributed by atoms with Crippen molar-refractivity contribution < 1.29 is 5.11 Å². The number of aliphatic hydroxyl groups excluding tert-OH is 1. The van der Waals surface area contributed by atoms with E-state index in [0.717, 1.165) is 24.4 Å². The van der Waals surface area contributed by atoms with Crippen LogP contribution in [0.1, 0.15) is 17.8 Å². The molecular weight excluding hydrogens is 140 g/mol. The van der Waals surface area contributed by atoms with Gasteiger partial charge in [0, 0.05) is 18.8 Å². The molecule has 1 rings (SSSR count). The van der Waals surface area contributed by atoms with Crippen molar-refractivity contribution >= 4 is 0 Å². The van der Waals surface area contributed by atoms with Crippen LogP contribution in [-0.2, 0) is 6.54 Å². The second kappa shape index (κ2) is 3.53. The van der Waals surface area contributed by atoms with Gasteiger partial charge >= 0.3 is 0 Å². The molecule has 0 aliphatic heterocycles. The van der Waals surface area contributed by atoms with Crippen LogP contribution in [0.25, 0.3) is 0 Å². The predicted molar refractivity (Wildman–Crippen MR) is 43.4 cm³/mol. The highest BCUT2D eigenvalue weighted by Crippen LogP contribution is 2.01. The van der Waals surface area contributed by atoms with E-state index in [1.165, 1.54) is 0 Å². The average molecular weight is 154 g/mol. The van der Waals surface area contributed by atoms with Gasteiger partial charge in [-0.25, -0.2) is 0 Å². The van der Waals surface area contributed by atoms with Crippen LogP contribution in [0.3, 0.4) is 0 Å². The van der Waals surface area contributed by atoms with Crippen LogP contribution in [0.5, 0.6) is 0 Å². The molecule has 0 aliphatic carbocycles. The van der Waals surface area contributed by atoms with Gasteiger partial charge in [-0.3, -0.25) is 4.68 Å². The van der Waals surface area contributed by atoms with Gasteiger partial charge in [0.25, 0.3) is 0 Å². The summed E-state index contributed by atoms with van der Waals surface area (Å²) in [4.78, 5) is 0. The molecule has 1 N–H and O–H groups in total. The standard InChI is InChI=1S/C8H14N2O/c1-7-6-8(2)10(9-7)4-3-5-11/h6,11H,3-5H2,1-2H3. The normalized spacial score (nSPS) is 10.5. The van der Waals surface area contributed by atoms with E-state index < -0.39 is 0 Å². The Kier molecular flexibility index (Phi) is 2.65. The van der Waals surface area contributed by atoms with Crippen molar-refractivity contribution in [2.75, 3.05) is 6.61 Å². The molecule has 0 radical (unpaired) electrons. The van der Waals surface area contributed by atoms with E-state index in [1.807, 2.05) is 24.6 Å². The van der Waals surface area contributed by atoms with Crippen LogP contribution in [0.15, 0.2) is 6.07 Å². The zero-order valence-electron chi connectivity index (χ0n) is 7.04. The fourth-order valence-electron chi connectivity index (χ4n) is 1.12. The smallest absolute Gasteiger partial charge is 0.0596 e. The molecule has 0 amide bonds. The SMILES string of the molecule is Cc1cc(C)n(CCCO)n1. The summed E-state index contributed by atoms with van der Waals surface area (Å²) in [6, 6.07) is 2.04. The summed E-state index contributed by atoms with van der Waals surface area (Å²) >= 11 is 0. The second-order valence-electron chi connectivity index (χ2n) is 2.73. The third kappa shape index (κ3) is 2.05. The van der Waals surface area contributed by atoms with Gasteiger partial charge in [-0.15, -0.1) is 0 Å². The van der Waals surface area contributed by atoms with Crippen LogP contribution in [0, 0.1) is 13.8 Å². The molecule has 11 heavy (non-hydrogen) atoms. The van der Waals surface area contributed by atoms with E-state index >= 15 is 0 Å². The number of rotatable bonds is 3. The molecule has 1 heterocycles. The lowest BCUT2D eigenvalue weighted by atomic mass is 10.4. The summed E-state index contributed by atoms with van der Waals surface area (Å²) in [5.41, 5.74) is 2.20. The number of aryl methyl sites for hydroxylation is 3. The highest BCUT2D eigenvalue weighted by Gasteiger charge is 1.98. The lowest BCUT2D eigenvalue weighted by Gasteiger charge is -2.00. The Balaban J connectivity index is 2.62. The maximum Gasteiger partial charge on any atom is 0.0596 e. The maximum absolute atomic E-state index is 8.58. The molecule has 0 saturated heterocycles. The Labute approximate surface area is 66.7 Å². The number of aliphatic hydroxyl groups is 1. The highest BCUT2D eigenvalue weighted by molar-refractivity contribution is 5.06. The van der Waals surface area contributed by atoms with Gasteiger partial charge in [0.05, 0.1) is 5.69 Å². The zero-order chi connectivity index (χ0) is 8.27. The fourth-order valence-corrected chi connectivity index (χ4v) is 1.12. The topological polar surface area (TPSA) is 38.0 Å². The van der Waals surface area contributed by atoms with Gasteiger partial charge in [-0.2, -0.15) is 5.10 Å². The summed E-state index contributed by atoms with van der Waals surface area (Å²) in [5, 5.41) is 12.8. The van der Waals surface area contributed by atoms with Crippen molar-refractivity contribution in [2.24, 2.45) is 0 Å². The van der Waals surface area contributed by atoms with Crippen molar-refractivity contribution in [3.05, 3.63) is 17.5 Å². The molecular formula is C8H14N2O. The van der Waals surface area contributed by atoms with Gasteiger partial charge in [-0.1, -0.05) is 0 Å². The Morgan fingerprint density at radius 1 is 1.55 bits per heavy atom. The Morgan fingerprint density at radius 3 is 2.73 bits per heavy atom. The van der Waals surface area contributed by atoms with E-state index in [0.29, 0.717) is 0 Å². The largest absolute Gasteiger partial charge is 0.396 e. The molecule has 0 unspecified atom stereocenters. The number of hydrogen-bond acceptors (Lipinski definition) is 2. The maximum atomic E-state index is 8.58. The molecule has 0 fully saturated rings. The van der Waals surface area contributed by atoms with Crippen molar-refractivity contribution in [1.82, 2.24) is 9.78 Å². The number of hydrogen-bond donors (Lipinski definition) is 1. The van der Waals surface area contributed by atoms with Gasteiger partial charge in [-0.05, 0) is 26.3 Å². The minimum atomic E-state index is 0.234. The van der Waals surface area contributed by atoms with Crippen LogP contribution < -0.4 is 0 Å². The zero-order valence-corrected chi connectivity index (χ0v) is 7.04. The van der Waals surface area contributed by atoms with Crippen LogP contribution in [-0.4, -0.2) is 21.5 Å². The predicted octanol–water partition coefficient (Wildman–Crippen LogP) is 0.882. The van der Waals surface area contributed by atoms with Crippen molar-refractivity contribution in [3.63, 3.8) is 0 Å². The van der Waals surface area contributed by atoms with E-state index in [-0.39, 0.29) is 6.61 Å². The monoisotopic (exact) mass is 154 g/mol. The van der Waals surface area contributed by atoms with Crippen molar-refractivity contribution in [2.45, 2.75) is 26.8 Å². The quantitative estimate of drug-likeness (QED) is 0.702. The van der Waals surface area contributed by atoms with E-state index in [1.54, 1.807) is 0 Å². The molecule has 0 saturated carbocycles. The summed E-state index contributed by atoms with van der Waals surface area (Å²) in [5.74, 6) is 0. The van der Waals surface area contributed by atoms with Gasteiger partial charge in [0.15, 0.2) is 0 Å². The molecule has 62 valence electrons. The lowest BCUT2D eigenvalue weighted by Crippen LogP contribution is -2.03.